The van der Waals surface area contributed by atoms with Crippen LogP contribution in [0.2, 0.25) is 0 Å². The molecule has 0 aliphatic heterocycles. The van der Waals surface area contributed by atoms with Gasteiger partial charge in [-0.15, -0.1) is 11.3 Å². The fourth-order valence-corrected chi connectivity index (χ4v) is 3.53. The maximum absolute atomic E-state index is 12.2. The summed E-state index contributed by atoms with van der Waals surface area (Å²) < 4.78 is 0.869. The molecule has 2 aromatic carbocycles. The van der Waals surface area contributed by atoms with Crippen LogP contribution in [0.4, 0.5) is 5.69 Å². The smallest absolute Gasteiger partial charge is 0.230 e. The SMILES string of the molecule is CCc1ccc(-c2nc(CC(=O)Nc3ccccc3Br)cs2)cc1. The molecule has 0 aliphatic carbocycles. The number of benzene rings is 2. The quantitative estimate of drug-likeness (QED) is 0.629. The molecule has 0 saturated heterocycles. The van der Waals surface area contributed by atoms with Crippen LogP contribution >= 0.6 is 27.3 Å². The van der Waals surface area contributed by atoms with Gasteiger partial charge in [-0.3, -0.25) is 4.79 Å². The van der Waals surface area contributed by atoms with E-state index in [9.17, 15) is 4.79 Å². The minimum atomic E-state index is -0.0694. The minimum absolute atomic E-state index is 0.0694. The monoisotopic (exact) mass is 400 g/mol. The van der Waals surface area contributed by atoms with Crippen molar-refractivity contribution in [2.45, 2.75) is 19.8 Å². The van der Waals surface area contributed by atoms with Crippen LogP contribution < -0.4 is 5.32 Å². The number of hydrogen-bond acceptors (Lipinski definition) is 3. The Morgan fingerprint density at radius 1 is 1.17 bits per heavy atom. The van der Waals surface area contributed by atoms with Crippen molar-refractivity contribution in [1.82, 2.24) is 4.98 Å². The maximum Gasteiger partial charge on any atom is 0.230 e. The van der Waals surface area contributed by atoms with Gasteiger partial charge in [-0.05, 0) is 40.0 Å². The van der Waals surface area contributed by atoms with Gasteiger partial charge in [-0.1, -0.05) is 43.3 Å². The van der Waals surface area contributed by atoms with Gasteiger partial charge >= 0.3 is 0 Å². The van der Waals surface area contributed by atoms with E-state index in [2.05, 4.69) is 57.4 Å². The highest BCUT2D eigenvalue weighted by Crippen LogP contribution is 2.25. The number of carbonyl (C=O) groups excluding carboxylic acids is 1. The van der Waals surface area contributed by atoms with Gasteiger partial charge in [0.05, 0.1) is 17.8 Å². The number of nitrogens with one attached hydrogen (secondary N) is 1. The van der Waals surface area contributed by atoms with Gasteiger partial charge in [0.15, 0.2) is 0 Å². The Labute approximate surface area is 153 Å². The number of anilines is 1. The van der Waals surface area contributed by atoms with E-state index >= 15 is 0 Å². The summed E-state index contributed by atoms with van der Waals surface area (Å²) in [7, 11) is 0. The lowest BCUT2D eigenvalue weighted by atomic mass is 10.1. The van der Waals surface area contributed by atoms with Crippen molar-refractivity contribution in [3.8, 4) is 10.6 Å². The second-order valence-electron chi connectivity index (χ2n) is 5.40. The predicted molar refractivity (Wildman–Crippen MR) is 103 cm³/mol. The summed E-state index contributed by atoms with van der Waals surface area (Å²) in [5, 5.41) is 5.79. The number of para-hydroxylation sites is 1. The highest BCUT2D eigenvalue weighted by Gasteiger charge is 2.10. The third-order valence-electron chi connectivity index (χ3n) is 3.65. The molecule has 1 N–H and O–H groups in total. The molecule has 0 unspecified atom stereocenters. The summed E-state index contributed by atoms with van der Waals surface area (Å²) in [6.45, 7) is 2.14. The molecule has 0 atom stereocenters. The number of halogens is 1. The lowest BCUT2D eigenvalue weighted by molar-refractivity contribution is -0.115. The Morgan fingerprint density at radius 2 is 1.92 bits per heavy atom. The van der Waals surface area contributed by atoms with Gasteiger partial charge in [-0.2, -0.15) is 0 Å². The minimum Gasteiger partial charge on any atom is -0.325 e. The first-order chi connectivity index (χ1) is 11.7. The molecule has 5 heteroatoms. The molecular weight excluding hydrogens is 384 g/mol. The molecule has 122 valence electrons. The summed E-state index contributed by atoms with van der Waals surface area (Å²) in [5.74, 6) is -0.0694. The average molecular weight is 401 g/mol. The number of hydrogen-bond donors (Lipinski definition) is 1. The molecule has 1 amide bonds. The molecular formula is C19H17BrN2OS. The van der Waals surface area contributed by atoms with Crippen molar-refractivity contribution in [3.63, 3.8) is 0 Å². The average Bonchev–Trinajstić information content (AvgIpc) is 3.05. The zero-order valence-electron chi connectivity index (χ0n) is 13.3. The molecule has 1 heterocycles. The van der Waals surface area contributed by atoms with Crippen molar-refractivity contribution in [1.29, 1.82) is 0 Å². The molecule has 3 nitrogen and oxygen atoms in total. The van der Waals surface area contributed by atoms with E-state index in [-0.39, 0.29) is 12.3 Å². The van der Waals surface area contributed by atoms with Crippen LogP contribution in [-0.2, 0) is 17.6 Å². The number of rotatable bonds is 5. The first-order valence-electron chi connectivity index (χ1n) is 7.74. The summed E-state index contributed by atoms with van der Waals surface area (Å²) in [5.41, 5.74) is 3.96. The Hall–Kier alpha value is -1.98. The van der Waals surface area contributed by atoms with Crippen LogP contribution in [-0.4, -0.2) is 10.9 Å². The first kappa shape index (κ1) is 16.9. The van der Waals surface area contributed by atoms with E-state index in [4.69, 9.17) is 0 Å². The zero-order valence-corrected chi connectivity index (χ0v) is 15.7. The third kappa shape index (κ3) is 4.10. The second kappa shape index (κ2) is 7.73. The molecule has 3 aromatic rings. The largest absolute Gasteiger partial charge is 0.325 e. The first-order valence-corrected chi connectivity index (χ1v) is 9.41. The Kier molecular flexibility index (Phi) is 5.43. The molecule has 0 radical (unpaired) electrons. The van der Waals surface area contributed by atoms with Crippen molar-refractivity contribution >= 4 is 38.9 Å². The number of carbonyl (C=O) groups is 1. The van der Waals surface area contributed by atoms with Crippen molar-refractivity contribution < 1.29 is 4.79 Å². The Bertz CT molecular complexity index is 843. The summed E-state index contributed by atoms with van der Waals surface area (Å²) in [6, 6.07) is 16.0. The standard InChI is InChI=1S/C19H17BrN2OS/c1-2-13-7-9-14(10-8-13)19-21-15(12-24-19)11-18(23)22-17-6-4-3-5-16(17)20/h3-10,12H,2,11H2,1H3,(H,22,23). The lowest BCUT2D eigenvalue weighted by Crippen LogP contribution is -2.14. The summed E-state index contributed by atoms with van der Waals surface area (Å²) in [4.78, 5) is 16.8. The fraction of sp³-hybridized carbons (Fsp3) is 0.158. The predicted octanol–water partition coefficient (Wildman–Crippen LogP) is 5.32. The van der Waals surface area contributed by atoms with Crippen LogP contribution in [0.1, 0.15) is 18.2 Å². The van der Waals surface area contributed by atoms with E-state index in [1.807, 2.05) is 29.6 Å². The van der Waals surface area contributed by atoms with Crippen LogP contribution in [0, 0.1) is 0 Å². The van der Waals surface area contributed by atoms with Gasteiger partial charge in [0, 0.05) is 15.4 Å². The summed E-state index contributed by atoms with van der Waals surface area (Å²) >= 11 is 5.00. The number of amides is 1. The third-order valence-corrected chi connectivity index (χ3v) is 5.28. The molecule has 1 aromatic heterocycles. The normalized spacial score (nSPS) is 10.6. The Balaban J connectivity index is 1.67. The molecule has 24 heavy (non-hydrogen) atoms. The second-order valence-corrected chi connectivity index (χ2v) is 7.11. The fourth-order valence-electron chi connectivity index (χ4n) is 2.33. The topological polar surface area (TPSA) is 42.0 Å². The molecule has 0 bridgehead atoms. The number of aromatic nitrogens is 1. The lowest BCUT2D eigenvalue weighted by Gasteiger charge is -2.05. The van der Waals surface area contributed by atoms with E-state index in [1.165, 1.54) is 5.56 Å². The number of nitrogens with zero attached hydrogens (tertiary/aromatic N) is 1. The van der Waals surface area contributed by atoms with E-state index < -0.39 is 0 Å². The van der Waals surface area contributed by atoms with Gasteiger partial charge < -0.3 is 5.32 Å². The number of thiazole rings is 1. The molecule has 0 saturated carbocycles. The van der Waals surface area contributed by atoms with Crippen molar-refractivity contribution in [2.24, 2.45) is 0 Å². The van der Waals surface area contributed by atoms with Crippen molar-refractivity contribution in [3.05, 3.63) is 69.6 Å². The highest BCUT2D eigenvalue weighted by molar-refractivity contribution is 9.10. The zero-order chi connectivity index (χ0) is 16.9. The molecule has 0 aliphatic rings. The summed E-state index contributed by atoms with van der Waals surface area (Å²) in [6.07, 6.45) is 1.30. The number of aryl methyl sites for hydroxylation is 1. The van der Waals surface area contributed by atoms with E-state index in [0.717, 1.165) is 32.8 Å². The highest BCUT2D eigenvalue weighted by atomic mass is 79.9. The molecule has 0 spiro atoms. The van der Waals surface area contributed by atoms with Gasteiger partial charge in [0.25, 0.3) is 0 Å². The molecule has 3 rings (SSSR count). The maximum atomic E-state index is 12.2. The van der Waals surface area contributed by atoms with Gasteiger partial charge in [0.2, 0.25) is 5.91 Å². The molecule has 0 fully saturated rings. The van der Waals surface area contributed by atoms with Crippen molar-refractivity contribution in [2.75, 3.05) is 5.32 Å². The van der Waals surface area contributed by atoms with Crippen LogP contribution in [0.25, 0.3) is 10.6 Å². The van der Waals surface area contributed by atoms with Crippen LogP contribution in [0.3, 0.4) is 0 Å². The van der Waals surface area contributed by atoms with Gasteiger partial charge in [0.1, 0.15) is 5.01 Å². The Morgan fingerprint density at radius 3 is 2.62 bits per heavy atom. The van der Waals surface area contributed by atoms with Gasteiger partial charge in [-0.25, -0.2) is 4.98 Å². The van der Waals surface area contributed by atoms with E-state index in [0.29, 0.717) is 0 Å². The van der Waals surface area contributed by atoms with Crippen LogP contribution in [0.15, 0.2) is 58.4 Å². The van der Waals surface area contributed by atoms with Crippen LogP contribution in [0.5, 0.6) is 0 Å². The van der Waals surface area contributed by atoms with E-state index in [1.54, 1.807) is 11.3 Å².